The van der Waals surface area contributed by atoms with Crippen molar-refractivity contribution in [3.8, 4) is 0 Å². The van der Waals surface area contributed by atoms with E-state index < -0.39 is 5.82 Å². The fraction of sp³-hybridized carbons (Fsp3) is 0.333. The molecule has 19 heavy (non-hydrogen) atoms. The number of nitrogens with two attached hydrogens (primary N) is 1. The Morgan fingerprint density at radius 3 is 3.00 bits per heavy atom. The summed E-state index contributed by atoms with van der Waals surface area (Å²) in [5, 5.41) is 2.86. The van der Waals surface area contributed by atoms with Crippen molar-refractivity contribution in [2.75, 3.05) is 5.73 Å². The summed E-state index contributed by atoms with van der Waals surface area (Å²) in [5.74, 6) is -0.327. The largest absolute Gasteiger partial charge is 0.369 e. The van der Waals surface area contributed by atoms with Crippen LogP contribution < -0.4 is 11.1 Å². The third kappa shape index (κ3) is 2.42. The van der Waals surface area contributed by atoms with Crippen molar-refractivity contribution in [2.45, 2.75) is 25.4 Å². The molecule has 0 atom stereocenters. The molecule has 0 saturated heterocycles. The molecule has 0 bridgehead atoms. The number of nitrogen functional groups attached to an aromatic ring is 1. The summed E-state index contributed by atoms with van der Waals surface area (Å²) in [6.07, 6.45) is 2.04. The normalized spacial score (nSPS) is 14.8. The van der Waals surface area contributed by atoms with Crippen LogP contribution in [0.3, 0.4) is 0 Å². The molecule has 1 heterocycles. The molecule has 1 aromatic carbocycles. The number of carbonyl (C=O) groups is 1. The quantitative estimate of drug-likeness (QED) is 0.903. The predicted octanol–water partition coefficient (Wildman–Crippen LogP) is 1.80. The minimum Gasteiger partial charge on any atom is -0.369 e. The minimum atomic E-state index is -0.406. The zero-order chi connectivity index (χ0) is 13.6. The number of aromatic nitrogens is 2. The Morgan fingerprint density at radius 1 is 1.58 bits per heavy atom. The number of nitrogens with one attached hydrogen (secondary N) is 1. The molecule has 0 aliphatic heterocycles. The zero-order valence-electron chi connectivity index (χ0n) is 9.99. The van der Waals surface area contributed by atoms with Crippen molar-refractivity contribution in [1.82, 2.24) is 14.9 Å². The molecule has 100 valence electrons. The van der Waals surface area contributed by atoms with Gasteiger partial charge in [-0.05, 0) is 34.8 Å². The van der Waals surface area contributed by atoms with Crippen molar-refractivity contribution in [3.63, 3.8) is 0 Å². The highest BCUT2D eigenvalue weighted by Gasteiger charge is 2.24. The Balaban J connectivity index is 1.94. The van der Waals surface area contributed by atoms with Gasteiger partial charge in [-0.1, -0.05) is 0 Å². The van der Waals surface area contributed by atoms with Crippen LogP contribution in [0, 0.1) is 5.82 Å². The fourth-order valence-electron chi connectivity index (χ4n) is 1.95. The summed E-state index contributed by atoms with van der Waals surface area (Å²) in [6, 6.07) is 3.16. The van der Waals surface area contributed by atoms with Gasteiger partial charge in [-0.3, -0.25) is 4.79 Å². The predicted molar refractivity (Wildman–Crippen MR) is 73.0 cm³/mol. The second-order valence-electron chi connectivity index (χ2n) is 4.65. The molecule has 3 rings (SSSR count). The lowest BCUT2D eigenvalue weighted by atomic mass is 10.3. The maximum Gasteiger partial charge on any atom is 0.240 e. The van der Waals surface area contributed by atoms with Crippen LogP contribution in [0.2, 0.25) is 0 Å². The first-order chi connectivity index (χ1) is 9.04. The summed E-state index contributed by atoms with van der Waals surface area (Å²) < 4.78 is 15.4. The highest BCUT2D eigenvalue weighted by Crippen LogP contribution is 2.25. The number of amides is 1. The topological polar surface area (TPSA) is 72.9 Å². The van der Waals surface area contributed by atoms with Crippen LogP contribution in [-0.2, 0) is 11.3 Å². The molecule has 0 radical (unpaired) electrons. The van der Waals surface area contributed by atoms with Crippen LogP contribution in [0.4, 0.5) is 10.3 Å². The molecule has 1 aliphatic carbocycles. The Labute approximate surface area is 117 Å². The van der Waals surface area contributed by atoms with Crippen LogP contribution in [-0.4, -0.2) is 21.5 Å². The van der Waals surface area contributed by atoms with Crippen LogP contribution in [0.1, 0.15) is 12.8 Å². The zero-order valence-corrected chi connectivity index (χ0v) is 11.6. The van der Waals surface area contributed by atoms with Gasteiger partial charge in [0.1, 0.15) is 12.4 Å². The maximum atomic E-state index is 13.6. The second kappa shape index (κ2) is 4.48. The van der Waals surface area contributed by atoms with Crippen LogP contribution in [0.5, 0.6) is 0 Å². The molecule has 2 aromatic rings. The van der Waals surface area contributed by atoms with Crippen molar-refractivity contribution in [2.24, 2.45) is 0 Å². The van der Waals surface area contributed by atoms with Gasteiger partial charge in [0.2, 0.25) is 11.9 Å². The fourth-order valence-corrected chi connectivity index (χ4v) is 2.28. The molecule has 1 amide bonds. The number of halogens is 2. The van der Waals surface area contributed by atoms with Gasteiger partial charge in [0.25, 0.3) is 0 Å². The molecule has 0 unspecified atom stereocenters. The van der Waals surface area contributed by atoms with Gasteiger partial charge in [-0.2, -0.15) is 0 Å². The van der Waals surface area contributed by atoms with Gasteiger partial charge < -0.3 is 15.6 Å². The monoisotopic (exact) mass is 326 g/mol. The molecule has 1 saturated carbocycles. The molecule has 5 nitrogen and oxygen atoms in total. The first-order valence-corrected chi connectivity index (χ1v) is 6.74. The van der Waals surface area contributed by atoms with Crippen molar-refractivity contribution in [1.29, 1.82) is 0 Å². The lowest BCUT2D eigenvalue weighted by Crippen LogP contribution is -2.29. The minimum absolute atomic E-state index is 0.0555. The molecule has 7 heteroatoms. The van der Waals surface area contributed by atoms with Crippen molar-refractivity contribution < 1.29 is 9.18 Å². The average molecular weight is 327 g/mol. The number of benzene rings is 1. The number of fused-ring (bicyclic) bond motifs is 1. The number of anilines is 1. The van der Waals surface area contributed by atoms with E-state index in [1.807, 2.05) is 0 Å². The molecule has 1 fully saturated rings. The van der Waals surface area contributed by atoms with Crippen LogP contribution in [0.15, 0.2) is 16.6 Å². The highest BCUT2D eigenvalue weighted by atomic mass is 79.9. The molecular weight excluding hydrogens is 315 g/mol. The third-order valence-corrected chi connectivity index (χ3v) is 3.67. The number of rotatable bonds is 3. The van der Waals surface area contributed by atoms with E-state index in [0.717, 1.165) is 12.8 Å². The second-order valence-corrected chi connectivity index (χ2v) is 5.51. The van der Waals surface area contributed by atoms with Crippen LogP contribution in [0.25, 0.3) is 11.0 Å². The van der Waals surface area contributed by atoms with Gasteiger partial charge in [0.15, 0.2) is 0 Å². The number of hydrogen-bond acceptors (Lipinski definition) is 3. The smallest absolute Gasteiger partial charge is 0.240 e. The van der Waals surface area contributed by atoms with E-state index in [-0.39, 0.29) is 24.4 Å². The Bertz CT molecular complexity index is 665. The maximum absolute atomic E-state index is 13.6. The van der Waals surface area contributed by atoms with E-state index in [1.54, 1.807) is 6.07 Å². The van der Waals surface area contributed by atoms with Crippen molar-refractivity contribution >= 4 is 38.8 Å². The van der Waals surface area contributed by atoms with E-state index in [1.165, 1.54) is 10.6 Å². The Hall–Kier alpha value is -1.63. The number of nitrogens with zero attached hydrogens (tertiary/aromatic N) is 2. The highest BCUT2D eigenvalue weighted by molar-refractivity contribution is 9.10. The first kappa shape index (κ1) is 12.4. The molecule has 3 N–H and O–H groups in total. The summed E-state index contributed by atoms with van der Waals surface area (Å²) >= 11 is 3.10. The number of carbonyl (C=O) groups excluding carboxylic acids is 1. The van der Waals surface area contributed by atoms with Gasteiger partial charge in [0.05, 0.1) is 15.5 Å². The molecule has 0 spiro atoms. The SMILES string of the molecule is Nc1nc2cc(Br)c(F)cc2n1CC(=O)NC1CC1. The number of hydrogen-bond donors (Lipinski definition) is 2. The first-order valence-electron chi connectivity index (χ1n) is 5.94. The van der Waals surface area contributed by atoms with E-state index in [9.17, 15) is 9.18 Å². The van der Waals surface area contributed by atoms with Gasteiger partial charge in [-0.15, -0.1) is 0 Å². The standard InChI is InChI=1S/C12H12BrFN4O/c13-7-3-9-10(4-8(7)14)18(12(15)17-9)5-11(19)16-6-1-2-6/h3-4,6H,1-2,5H2,(H2,15,17)(H,16,19). The van der Waals surface area contributed by atoms with Gasteiger partial charge in [-0.25, -0.2) is 9.37 Å². The molecular formula is C12H12BrFN4O. The summed E-state index contributed by atoms with van der Waals surface area (Å²) in [4.78, 5) is 15.9. The van der Waals surface area contributed by atoms with Crippen LogP contribution >= 0.6 is 15.9 Å². The lowest BCUT2D eigenvalue weighted by Gasteiger charge is -2.07. The van der Waals surface area contributed by atoms with Crippen molar-refractivity contribution in [3.05, 3.63) is 22.4 Å². The van der Waals surface area contributed by atoms with Gasteiger partial charge >= 0.3 is 0 Å². The third-order valence-electron chi connectivity index (χ3n) is 3.06. The summed E-state index contributed by atoms with van der Waals surface area (Å²) in [6.45, 7) is 0.0555. The number of imidazole rings is 1. The van der Waals surface area contributed by atoms with E-state index in [4.69, 9.17) is 5.73 Å². The summed E-state index contributed by atoms with van der Waals surface area (Å²) in [5.41, 5.74) is 6.86. The summed E-state index contributed by atoms with van der Waals surface area (Å²) in [7, 11) is 0. The van der Waals surface area contributed by atoms with E-state index >= 15 is 0 Å². The Morgan fingerprint density at radius 2 is 2.32 bits per heavy atom. The lowest BCUT2D eigenvalue weighted by molar-refractivity contribution is -0.121. The van der Waals surface area contributed by atoms with E-state index in [0.29, 0.717) is 15.5 Å². The van der Waals surface area contributed by atoms with E-state index in [2.05, 4.69) is 26.2 Å². The van der Waals surface area contributed by atoms with Gasteiger partial charge in [0, 0.05) is 12.1 Å². The molecule has 1 aromatic heterocycles. The Kier molecular flexibility index (Phi) is 2.93. The molecule has 1 aliphatic rings. The average Bonchev–Trinajstić information content (AvgIpc) is 3.09.